The Morgan fingerprint density at radius 3 is 2.83 bits per heavy atom. The molecule has 0 fully saturated rings. The molecule has 1 aromatic heterocycles. The van der Waals surface area contributed by atoms with Gasteiger partial charge < -0.3 is 11.1 Å². The van der Waals surface area contributed by atoms with Crippen LogP contribution in [0.25, 0.3) is 0 Å². The molecule has 0 aliphatic heterocycles. The quantitative estimate of drug-likeness (QED) is 0.712. The molecule has 0 saturated carbocycles. The lowest BCUT2D eigenvalue weighted by Crippen LogP contribution is -2.03. The van der Waals surface area contributed by atoms with E-state index < -0.39 is 0 Å². The van der Waals surface area contributed by atoms with Crippen LogP contribution < -0.4 is 11.1 Å². The second kappa shape index (κ2) is 3.99. The molecule has 4 nitrogen and oxygen atoms in total. The van der Waals surface area contributed by atoms with Crippen LogP contribution in [0.1, 0.15) is 20.3 Å². The Kier molecular flexibility index (Phi) is 2.96. The summed E-state index contributed by atoms with van der Waals surface area (Å²) in [5, 5.41) is 7.41. The highest BCUT2D eigenvalue weighted by atomic mass is 15.3. The summed E-state index contributed by atoms with van der Waals surface area (Å²) >= 11 is 0. The Bertz CT molecular complexity index is 241. The van der Waals surface area contributed by atoms with Gasteiger partial charge in [0.2, 0.25) is 0 Å². The van der Waals surface area contributed by atoms with Crippen molar-refractivity contribution < 1.29 is 0 Å². The Balaban J connectivity index is 2.64. The monoisotopic (exact) mass is 168 g/mol. The van der Waals surface area contributed by atoms with E-state index in [0.29, 0.717) is 0 Å². The standard InChI is InChI=1S/C8H16N4/c1-3-5-10-8-7(9)6-12(4-2)11-8/h6H,3-5,9H2,1-2H3,(H,10,11). The van der Waals surface area contributed by atoms with Gasteiger partial charge in [0, 0.05) is 13.1 Å². The number of nitrogen functional groups attached to an aromatic ring is 1. The maximum absolute atomic E-state index is 5.71. The van der Waals surface area contributed by atoms with Gasteiger partial charge in [-0.3, -0.25) is 4.68 Å². The summed E-state index contributed by atoms with van der Waals surface area (Å²) in [6, 6.07) is 0. The van der Waals surface area contributed by atoms with E-state index in [1.807, 2.05) is 17.8 Å². The topological polar surface area (TPSA) is 55.9 Å². The van der Waals surface area contributed by atoms with Crippen molar-refractivity contribution in [1.82, 2.24) is 9.78 Å². The molecule has 0 radical (unpaired) electrons. The third-order valence-corrected chi connectivity index (χ3v) is 1.66. The molecule has 0 spiro atoms. The fourth-order valence-corrected chi connectivity index (χ4v) is 0.980. The molecule has 12 heavy (non-hydrogen) atoms. The van der Waals surface area contributed by atoms with Gasteiger partial charge >= 0.3 is 0 Å². The molecule has 68 valence electrons. The van der Waals surface area contributed by atoms with E-state index in [-0.39, 0.29) is 0 Å². The maximum Gasteiger partial charge on any atom is 0.171 e. The number of rotatable bonds is 4. The van der Waals surface area contributed by atoms with Crippen LogP contribution in [0.15, 0.2) is 6.20 Å². The van der Waals surface area contributed by atoms with Gasteiger partial charge in [0.05, 0.1) is 11.9 Å². The highest BCUT2D eigenvalue weighted by molar-refractivity contribution is 5.59. The normalized spacial score (nSPS) is 10.2. The molecule has 0 aromatic carbocycles. The lowest BCUT2D eigenvalue weighted by atomic mass is 10.4. The van der Waals surface area contributed by atoms with E-state index in [1.165, 1.54) is 0 Å². The summed E-state index contributed by atoms with van der Waals surface area (Å²) in [6.45, 7) is 5.93. The molecule has 0 atom stereocenters. The molecule has 0 bridgehead atoms. The van der Waals surface area contributed by atoms with E-state index >= 15 is 0 Å². The van der Waals surface area contributed by atoms with Gasteiger partial charge in [-0.1, -0.05) is 6.92 Å². The second-order valence-corrected chi connectivity index (χ2v) is 2.72. The highest BCUT2D eigenvalue weighted by Crippen LogP contribution is 2.14. The lowest BCUT2D eigenvalue weighted by Gasteiger charge is -1.99. The van der Waals surface area contributed by atoms with Crippen LogP contribution in [-0.2, 0) is 6.54 Å². The first kappa shape index (κ1) is 8.90. The minimum atomic E-state index is 0.727. The number of nitrogens with two attached hydrogens (primary N) is 1. The van der Waals surface area contributed by atoms with E-state index in [1.54, 1.807) is 0 Å². The van der Waals surface area contributed by atoms with Crippen LogP contribution in [-0.4, -0.2) is 16.3 Å². The van der Waals surface area contributed by atoms with Crippen molar-refractivity contribution in [2.75, 3.05) is 17.6 Å². The predicted octanol–water partition coefficient (Wildman–Crippen LogP) is 1.31. The molecule has 0 saturated heterocycles. The SMILES string of the molecule is CCCNc1nn(CC)cc1N. The molecule has 1 heterocycles. The molecule has 1 aromatic rings. The summed E-state index contributed by atoms with van der Waals surface area (Å²) in [5.41, 5.74) is 6.44. The average molecular weight is 168 g/mol. The maximum atomic E-state index is 5.71. The van der Waals surface area contributed by atoms with Gasteiger partial charge in [0.1, 0.15) is 0 Å². The van der Waals surface area contributed by atoms with Gasteiger partial charge in [-0.15, -0.1) is 0 Å². The number of hydrogen-bond acceptors (Lipinski definition) is 3. The first-order chi connectivity index (χ1) is 5.77. The summed E-state index contributed by atoms with van der Waals surface area (Å²) in [6.07, 6.45) is 2.93. The fourth-order valence-electron chi connectivity index (χ4n) is 0.980. The summed E-state index contributed by atoms with van der Waals surface area (Å²) in [5.74, 6) is 0.804. The molecule has 0 aliphatic carbocycles. The van der Waals surface area contributed by atoms with Gasteiger partial charge in [0.15, 0.2) is 5.82 Å². The molecular weight excluding hydrogens is 152 g/mol. The van der Waals surface area contributed by atoms with Crippen molar-refractivity contribution >= 4 is 11.5 Å². The summed E-state index contributed by atoms with van der Waals surface area (Å²) < 4.78 is 1.83. The number of aryl methyl sites for hydroxylation is 1. The van der Waals surface area contributed by atoms with Crippen LogP contribution in [0.2, 0.25) is 0 Å². The van der Waals surface area contributed by atoms with Crippen LogP contribution in [0.5, 0.6) is 0 Å². The molecule has 3 N–H and O–H groups in total. The van der Waals surface area contributed by atoms with Gasteiger partial charge in [0.25, 0.3) is 0 Å². The smallest absolute Gasteiger partial charge is 0.171 e. The molecule has 0 aliphatic rings. The van der Waals surface area contributed by atoms with Crippen LogP contribution >= 0.6 is 0 Å². The highest BCUT2D eigenvalue weighted by Gasteiger charge is 2.02. The van der Waals surface area contributed by atoms with Gasteiger partial charge in [-0.2, -0.15) is 5.10 Å². The Morgan fingerprint density at radius 2 is 2.33 bits per heavy atom. The predicted molar refractivity (Wildman–Crippen MR) is 51.1 cm³/mol. The summed E-state index contributed by atoms with van der Waals surface area (Å²) in [4.78, 5) is 0. The molecule has 1 rings (SSSR count). The third-order valence-electron chi connectivity index (χ3n) is 1.66. The second-order valence-electron chi connectivity index (χ2n) is 2.72. The van der Waals surface area contributed by atoms with Crippen molar-refractivity contribution in [3.63, 3.8) is 0 Å². The zero-order valence-electron chi connectivity index (χ0n) is 7.67. The van der Waals surface area contributed by atoms with E-state index in [0.717, 1.165) is 31.0 Å². The number of aromatic nitrogens is 2. The minimum absolute atomic E-state index is 0.727. The van der Waals surface area contributed by atoms with Crippen molar-refractivity contribution in [1.29, 1.82) is 0 Å². The number of nitrogens with zero attached hydrogens (tertiary/aromatic N) is 2. The van der Waals surface area contributed by atoms with Crippen molar-refractivity contribution in [3.05, 3.63) is 6.20 Å². The van der Waals surface area contributed by atoms with Crippen molar-refractivity contribution in [2.24, 2.45) is 0 Å². The van der Waals surface area contributed by atoms with Crippen LogP contribution in [0.3, 0.4) is 0 Å². The largest absolute Gasteiger partial charge is 0.394 e. The number of hydrogen-bond donors (Lipinski definition) is 2. The first-order valence-electron chi connectivity index (χ1n) is 4.34. The van der Waals surface area contributed by atoms with Gasteiger partial charge in [-0.25, -0.2) is 0 Å². The molecule has 0 amide bonds. The summed E-state index contributed by atoms with van der Waals surface area (Å²) in [7, 11) is 0. The average Bonchev–Trinajstić information content (AvgIpc) is 2.43. The first-order valence-corrected chi connectivity index (χ1v) is 4.34. The fraction of sp³-hybridized carbons (Fsp3) is 0.625. The molecule has 0 unspecified atom stereocenters. The lowest BCUT2D eigenvalue weighted by molar-refractivity contribution is 0.661. The van der Waals surface area contributed by atoms with E-state index in [4.69, 9.17) is 5.73 Å². The zero-order chi connectivity index (χ0) is 8.97. The van der Waals surface area contributed by atoms with Gasteiger partial charge in [-0.05, 0) is 13.3 Å². The molecular formula is C8H16N4. The van der Waals surface area contributed by atoms with Crippen LogP contribution in [0, 0.1) is 0 Å². The number of anilines is 2. The molecule has 4 heteroatoms. The van der Waals surface area contributed by atoms with Crippen molar-refractivity contribution in [3.8, 4) is 0 Å². The zero-order valence-corrected chi connectivity index (χ0v) is 7.67. The van der Waals surface area contributed by atoms with E-state index in [2.05, 4.69) is 17.3 Å². The Hall–Kier alpha value is -1.19. The van der Waals surface area contributed by atoms with Crippen molar-refractivity contribution in [2.45, 2.75) is 26.8 Å². The number of nitrogens with one attached hydrogen (secondary N) is 1. The van der Waals surface area contributed by atoms with Crippen LogP contribution in [0.4, 0.5) is 11.5 Å². The Labute approximate surface area is 72.8 Å². The van der Waals surface area contributed by atoms with E-state index in [9.17, 15) is 0 Å². The minimum Gasteiger partial charge on any atom is -0.394 e. The Morgan fingerprint density at radius 1 is 1.58 bits per heavy atom. The third kappa shape index (κ3) is 1.90.